The number of hydrogen-bond acceptors (Lipinski definition) is 5. The molecule has 0 fully saturated rings. The molecule has 1 atom stereocenters. The Hall–Kier alpha value is -3.39. The number of carbonyl (C=O) groups excluding carboxylic acids is 3. The Morgan fingerprint density at radius 2 is 1.89 bits per heavy atom. The third-order valence-corrected chi connectivity index (χ3v) is 4.47. The fourth-order valence-corrected chi connectivity index (χ4v) is 2.95. The highest BCUT2D eigenvalue weighted by atomic mass is 16.5. The second-order valence-corrected chi connectivity index (χ2v) is 6.35. The van der Waals surface area contributed by atoms with Gasteiger partial charge in [-0.25, -0.2) is 0 Å². The maximum atomic E-state index is 12.2. The van der Waals surface area contributed by atoms with Crippen LogP contribution in [0, 0.1) is 0 Å². The van der Waals surface area contributed by atoms with Gasteiger partial charge in [0.2, 0.25) is 5.91 Å². The van der Waals surface area contributed by atoms with E-state index in [-0.39, 0.29) is 29.6 Å². The molecule has 146 valence electrons. The first kappa shape index (κ1) is 19.4. The fraction of sp³-hybridized carbons (Fsp3) is 0.250. The monoisotopic (exact) mass is 383 g/mol. The topological polar surface area (TPSA) is 120 Å². The van der Waals surface area contributed by atoms with Gasteiger partial charge in [0, 0.05) is 18.5 Å². The SMILES string of the molecule is COc1cc(C(N)=O)ccc1NC(=O)C(=O)NC[C@@H]1Cc2ccccc2CO1. The van der Waals surface area contributed by atoms with E-state index in [0.29, 0.717) is 13.0 Å². The number of ether oxygens (including phenoxy) is 2. The molecule has 0 aromatic heterocycles. The Labute approximate surface area is 162 Å². The van der Waals surface area contributed by atoms with Gasteiger partial charge >= 0.3 is 11.8 Å². The molecule has 1 aliphatic rings. The smallest absolute Gasteiger partial charge is 0.313 e. The summed E-state index contributed by atoms with van der Waals surface area (Å²) < 4.78 is 10.8. The number of anilines is 1. The Morgan fingerprint density at radius 3 is 2.61 bits per heavy atom. The summed E-state index contributed by atoms with van der Waals surface area (Å²) in [7, 11) is 1.38. The van der Waals surface area contributed by atoms with E-state index in [1.807, 2.05) is 24.3 Å². The third-order valence-electron chi connectivity index (χ3n) is 4.47. The molecule has 8 nitrogen and oxygen atoms in total. The van der Waals surface area contributed by atoms with Crippen LogP contribution in [0.15, 0.2) is 42.5 Å². The van der Waals surface area contributed by atoms with Crippen LogP contribution in [0.25, 0.3) is 0 Å². The van der Waals surface area contributed by atoms with Gasteiger partial charge in [0.15, 0.2) is 0 Å². The molecule has 0 saturated heterocycles. The van der Waals surface area contributed by atoms with Crippen LogP contribution in [-0.4, -0.2) is 37.5 Å². The number of methoxy groups -OCH3 is 1. The van der Waals surface area contributed by atoms with Crippen LogP contribution < -0.4 is 21.1 Å². The molecule has 1 aliphatic heterocycles. The van der Waals surface area contributed by atoms with Gasteiger partial charge in [-0.05, 0) is 29.3 Å². The second-order valence-electron chi connectivity index (χ2n) is 6.35. The summed E-state index contributed by atoms with van der Waals surface area (Å²) >= 11 is 0. The van der Waals surface area contributed by atoms with E-state index >= 15 is 0 Å². The lowest BCUT2D eigenvalue weighted by molar-refractivity contribution is -0.136. The first-order valence-corrected chi connectivity index (χ1v) is 8.73. The Morgan fingerprint density at radius 1 is 1.14 bits per heavy atom. The summed E-state index contributed by atoms with van der Waals surface area (Å²) in [5, 5.41) is 5.04. The van der Waals surface area contributed by atoms with Crippen LogP contribution in [0.3, 0.4) is 0 Å². The van der Waals surface area contributed by atoms with Crippen molar-refractivity contribution in [3.05, 3.63) is 59.2 Å². The summed E-state index contributed by atoms with van der Waals surface area (Å²) in [6.07, 6.45) is 0.469. The number of rotatable bonds is 5. The minimum atomic E-state index is -0.846. The van der Waals surface area contributed by atoms with Gasteiger partial charge in [0.1, 0.15) is 5.75 Å². The van der Waals surface area contributed by atoms with Crippen LogP contribution in [0.5, 0.6) is 5.75 Å². The van der Waals surface area contributed by atoms with Crippen LogP contribution in [0.1, 0.15) is 21.5 Å². The van der Waals surface area contributed by atoms with Gasteiger partial charge in [-0.2, -0.15) is 0 Å². The second kappa shape index (κ2) is 8.53. The summed E-state index contributed by atoms with van der Waals surface area (Å²) in [6.45, 7) is 0.699. The quantitative estimate of drug-likeness (QED) is 0.665. The molecule has 3 amide bonds. The summed E-state index contributed by atoms with van der Waals surface area (Å²) in [5.74, 6) is -2.03. The number of benzene rings is 2. The maximum Gasteiger partial charge on any atom is 0.313 e. The van der Waals surface area contributed by atoms with Gasteiger partial charge in [0.05, 0.1) is 25.5 Å². The molecule has 0 saturated carbocycles. The van der Waals surface area contributed by atoms with Crippen molar-refractivity contribution in [2.45, 2.75) is 19.1 Å². The number of amides is 3. The summed E-state index contributed by atoms with van der Waals surface area (Å²) in [5.41, 5.74) is 8.02. The van der Waals surface area contributed by atoms with E-state index in [4.69, 9.17) is 15.2 Å². The molecule has 0 aliphatic carbocycles. The van der Waals surface area contributed by atoms with Crippen molar-refractivity contribution < 1.29 is 23.9 Å². The fourth-order valence-electron chi connectivity index (χ4n) is 2.95. The van der Waals surface area contributed by atoms with Crippen LogP contribution >= 0.6 is 0 Å². The Kier molecular flexibility index (Phi) is 5.90. The van der Waals surface area contributed by atoms with E-state index in [2.05, 4.69) is 10.6 Å². The average molecular weight is 383 g/mol. The lowest BCUT2D eigenvalue weighted by Gasteiger charge is -2.25. The highest BCUT2D eigenvalue weighted by molar-refractivity contribution is 6.39. The first-order valence-electron chi connectivity index (χ1n) is 8.73. The van der Waals surface area contributed by atoms with Crippen molar-refractivity contribution in [2.24, 2.45) is 5.73 Å². The standard InChI is InChI=1S/C20H21N3O5/c1-27-17-9-13(18(21)24)6-7-16(17)23-20(26)19(25)22-10-15-8-12-4-2-3-5-14(12)11-28-15/h2-7,9,15H,8,10-11H2,1H3,(H2,21,24)(H,22,25)(H,23,26)/t15-/m0/s1. The van der Waals surface area contributed by atoms with E-state index in [0.717, 1.165) is 5.56 Å². The Bertz CT molecular complexity index is 912. The Balaban J connectivity index is 1.55. The van der Waals surface area contributed by atoms with Crippen molar-refractivity contribution in [3.63, 3.8) is 0 Å². The van der Waals surface area contributed by atoms with Crippen molar-refractivity contribution >= 4 is 23.4 Å². The van der Waals surface area contributed by atoms with Crippen molar-refractivity contribution in [1.82, 2.24) is 5.32 Å². The van der Waals surface area contributed by atoms with Crippen LogP contribution in [0.4, 0.5) is 5.69 Å². The minimum Gasteiger partial charge on any atom is -0.495 e. The molecule has 1 heterocycles. The molecule has 2 aromatic carbocycles. The molecule has 0 spiro atoms. The van der Waals surface area contributed by atoms with E-state index in [9.17, 15) is 14.4 Å². The van der Waals surface area contributed by atoms with Gasteiger partial charge in [-0.15, -0.1) is 0 Å². The largest absolute Gasteiger partial charge is 0.495 e. The van der Waals surface area contributed by atoms with Gasteiger partial charge < -0.3 is 25.8 Å². The normalized spacial score (nSPS) is 15.2. The average Bonchev–Trinajstić information content (AvgIpc) is 2.71. The minimum absolute atomic E-state index is 0.198. The van der Waals surface area contributed by atoms with Gasteiger partial charge in [-0.3, -0.25) is 14.4 Å². The zero-order valence-corrected chi connectivity index (χ0v) is 15.4. The number of primary amides is 1. The van der Waals surface area contributed by atoms with E-state index < -0.39 is 17.7 Å². The lowest BCUT2D eigenvalue weighted by atomic mass is 9.99. The number of nitrogens with one attached hydrogen (secondary N) is 2. The van der Waals surface area contributed by atoms with Crippen molar-refractivity contribution in [2.75, 3.05) is 19.0 Å². The van der Waals surface area contributed by atoms with Crippen molar-refractivity contribution in [1.29, 1.82) is 0 Å². The molecular weight excluding hydrogens is 362 g/mol. The summed E-state index contributed by atoms with van der Waals surface area (Å²) in [6, 6.07) is 12.2. The van der Waals surface area contributed by atoms with E-state index in [1.165, 1.54) is 30.9 Å². The number of nitrogens with two attached hydrogens (primary N) is 1. The number of fused-ring (bicyclic) bond motifs is 1. The molecule has 0 radical (unpaired) electrons. The predicted octanol–water partition coefficient (Wildman–Crippen LogP) is 0.990. The molecule has 2 aromatic rings. The highest BCUT2D eigenvalue weighted by Crippen LogP contribution is 2.25. The summed E-state index contributed by atoms with van der Waals surface area (Å²) in [4.78, 5) is 35.5. The molecule has 3 rings (SSSR count). The van der Waals surface area contributed by atoms with Gasteiger partial charge in [-0.1, -0.05) is 24.3 Å². The van der Waals surface area contributed by atoms with Crippen molar-refractivity contribution in [3.8, 4) is 5.75 Å². The molecule has 4 N–H and O–H groups in total. The number of hydrogen-bond donors (Lipinski definition) is 3. The van der Waals surface area contributed by atoms with Crippen LogP contribution in [0.2, 0.25) is 0 Å². The zero-order valence-electron chi connectivity index (χ0n) is 15.4. The lowest BCUT2D eigenvalue weighted by Crippen LogP contribution is -2.41. The molecule has 8 heteroatoms. The molecule has 0 unspecified atom stereocenters. The predicted molar refractivity (Wildman–Crippen MR) is 102 cm³/mol. The molecular formula is C20H21N3O5. The van der Waals surface area contributed by atoms with E-state index in [1.54, 1.807) is 0 Å². The highest BCUT2D eigenvalue weighted by Gasteiger charge is 2.22. The molecule has 28 heavy (non-hydrogen) atoms. The third kappa shape index (κ3) is 4.47. The molecule has 0 bridgehead atoms. The zero-order chi connectivity index (χ0) is 20.1. The van der Waals surface area contributed by atoms with Crippen LogP contribution in [-0.2, 0) is 27.4 Å². The maximum absolute atomic E-state index is 12.2. The first-order chi connectivity index (χ1) is 13.5. The van der Waals surface area contributed by atoms with Gasteiger partial charge in [0.25, 0.3) is 0 Å². The number of carbonyl (C=O) groups is 3.